The van der Waals surface area contributed by atoms with Crippen LogP contribution in [0.5, 0.6) is 17.6 Å². The summed E-state index contributed by atoms with van der Waals surface area (Å²) >= 11 is 0. The molecule has 12 aromatic heterocycles. The Labute approximate surface area is 597 Å². The van der Waals surface area contributed by atoms with Crippen LogP contribution in [0.3, 0.4) is 0 Å². The second kappa shape index (κ2) is 27.5. The van der Waals surface area contributed by atoms with Crippen LogP contribution in [0.4, 0.5) is 52.4 Å². The standard InChI is InChI=1S/3C24H24N8O3/c3*1-12-15(9-28-24-22(12)18(33)3-5-35-24)17-6-13-7-19(27-10-16(13)23(25)29-17)30-20-8-14-2-4-26-21(34)11-32(14)31-20/h3*6-10,18,33H,2-5,11H2,1H3,(H2,25,29)(H,26,34)(H,27,30,31)/t2*18-;/m10./s1. The lowest BCUT2D eigenvalue weighted by atomic mass is 9.95. The summed E-state index contributed by atoms with van der Waals surface area (Å²) in [6, 6.07) is 17.2. The second-order valence-electron chi connectivity index (χ2n) is 26.3. The molecule has 3 atom stereocenters. The van der Waals surface area contributed by atoms with Gasteiger partial charge in [0, 0.05) is 180 Å². The Hall–Kier alpha value is -12.8. The van der Waals surface area contributed by atoms with Crippen molar-refractivity contribution in [1.82, 2.24) is 90.1 Å². The van der Waals surface area contributed by atoms with E-state index >= 15 is 0 Å². The molecule has 0 radical (unpaired) electrons. The summed E-state index contributed by atoms with van der Waals surface area (Å²) in [7, 11) is 0. The summed E-state index contributed by atoms with van der Waals surface area (Å²) in [5, 5.41) is 67.9. The summed E-state index contributed by atoms with van der Waals surface area (Å²) in [5.41, 5.74) is 30.8. The van der Waals surface area contributed by atoms with Gasteiger partial charge >= 0.3 is 0 Å². The molecular weight excluding hydrogens is 1340 g/mol. The van der Waals surface area contributed by atoms with Gasteiger partial charge in [-0.15, -0.1) is 0 Å². The number of aliphatic hydroxyl groups excluding tert-OH is 3. The molecule has 0 fully saturated rings. The molecule has 18 rings (SSSR count). The van der Waals surface area contributed by atoms with E-state index in [0.717, 1.165) is 82.8 Å². The van der Waals surface area contributed by atoms with Gasteiger partial charge in [0.1, 0.15) is 54.5 Å². The van der Waals surface area contributed by atoms with E-state index in [2.05, 4.69) is 92.1 Å². The van der Waals surface area contributed by atoms with E-state index in [1.165, 1.54) is 0 Å². The maximum atomic E-state index is 11.8. The number of rotatable bonds is 9. The van der Waals surface area contributed by atoms with Crippen LogP contribution in [-0.4, -0.2) is 147 Å². The van der Waals surface area contributed by atoms with Crippen LogP contribution in [0.2, 0.25) is 0 Å². The number of aliphatic hydroxyl groups is 3. The minimum atomic E-state index is -0.625. The summed E-state index contributed by atoms with van der Waals surface area (Å²) in [4.78, 5) is 75.8. The normalized spacial score (nSPS) is 17.2. The number of carbonyl (C=O) groups excluding carboxylic acids is 3. The van der Waals surface area contributed by atoms with Gasteiger partial charge in [-0.2, -0.15) is 15.3 Å². The smallest absolute Gasteiger partial charge is 0.241 e. The molecule has 105 heavy (non-hydrogen) atoms. The number of nitrogen functional groups attached to an aromatic ring is 3. The zero-order valence-corrected chi connectivity index (χ0v) is 57.2. The molecule has 0 saturated heterocycles. The Balaban J connectivity index is 0.000000121. The van der Waals surface area contributed by atoms with Gasteiger partial charge in [-0.1, -0.05) is 0 Å². The number of hydrogen-bond donors (Lipinski definition) is 12. The molecule has 6 aliphatic rings. The molecule has 0 aromatic carbocycles. The third-order valence-electron chi connectivity index (χ3n) is 19.3. The fraction of sp³-hybridized carbons (Fsp3) is 0.292. The number of anilines is 9. The highest BCUT2D eigenvalue weighted by Crippen LogP contribution is 2.42. The van der Waals surface area contributed by atoms with Crippen LogP contribution < -0.4 is 63.3 Å². The van der Waals surface area contributed by atoms with Gasteiger partial charge in [0.05, 0.1) is 55.2 Å². The first-order chi connectivity index (χ1) is 50.9. The highest BCUT2D eigenvalue weighted by atomic mass is 16.5. The topological polar surface area (TPSA) is 459 Å². The quantitative estimate of drug-likeness (QED) is 0.0784. The van der Waals surface area contributed by atoms with Gasteiger partial charge in [0.2, 0.25) is 35.4 Å². The minimum Gasteiger partial charge on any atom is -0.477 e. The number of carbonyl (C=O) groups is 3. The van der Waals surface area contributed by atoms with Crippen LogP contribution in [0.15, 0.2) is 91.8 Å². The van der Waals surface area contributed by atoms with Crippen molar-refractivity contribution in [3.05, 3.63) is 142 Å². The van der Waals surface area contributed by atoms with Gasteiger partial charge in [-0.25, -0.2) is 44.9 Å². The third-order valence-corrected chi connectivity index (χ3v) is 19.3. The molecule has 0 spiro atoms. The zero-order valence-electron chi connectivity index (χ0n) is 57.2. The molecular formula is C72H72N24O9. The Morgan fingerprint density at radius 1 is 0.410 bits per heavy atom. The predicted octanol–water partition coefficient (Wildman–Crippen LogP) is 6.03. The zero-order chi connectivity index (χ0) is 72.3. The number of ether oxygens (including phenoxy) is 3. The largest absolute Gasteiger partial charge is 0.477 e. The Bertz CT molecular complexity index is 4980. The molecule has 12 aromatic rings. The third kappa shape index (κ3) is 13.4. The monoisotopic (exact) mass is 1420 g/mol. The molecule has 1 unspecified atom stereocenters. The predicted molar refractivity (Wildman–Crippen MR) is 388 cm³/mol. The van der Waals surface area contributed by atoms with Crippen LogP contribution in [-0.2, 0) is 53.3 Å². The van der Waals surface area contributed by atoms with Gasteiger partial charge in [0.25, 0.3) is 0 Å². The van der Waals surface area contributed by atoms with Crippen LogP contribution in [0.25, 0.3) is 66.1 Å². The van der Waals surface area contributed by atoms with Crippen LogP contribution >= 0.6 is 0 Å². The fourth-order valence-electron chi connectivity index (χ4n) is 14.0. The van der Waals surface area contributed by atoms with Gasteiger partial charge in [-0.3, -0.25) is 28.4 Å². The summed E-state index contributed by atoms with van der Waals surface area (Å²) in [6.07, 6.45) is 12.0. The lowest BCUT2D eigenvalue weighted by molar-refractivity contribution is -0.122. The van der Waals surface area contributed by atoms with Crippen molar-refractivity contribution < 1.29 is 43.9 Å². The first-order valence-corrected chi connectivity index (χ1v) is 34.3. The summed E-state index contributed by atoms with van der Waals surface area (Å²) in [5.74, 6) is 5.92. The fourth-order valence-corrected chi connectivity index (χ4v) is 14.0. The maximum absolute atomic E-state index is 11.8. The molecule has 534 valence electrons. The Kier molecular flexibility index (Phi) is 17.5. The molecule has 0 aliphatic carbocycles. The Morgan fingerprint density at radius 2 is 0.705 bits per heavy atom. The average molecular weight is 1420 g/mol. The second-order valence-corrected chi connectivity index (χ2v) is 26.3. The molecule has 33 nitrogen and oxygen atoms in total. The van der Waals surface area contributed by atoms with E-state index in [1.807, 2.05) is 75.4 Å². The first kappa shape index (κ1) is 66.8. The number of nitrogens with zero attached hydrogens (tertiary/aromatic N) is 15. The van der Waals surface area contributed by atoms with Gasteiger partial charge in [-0.05, 0) is 90.0 Å². The number of pyridine rings is 9. The first-order valence-electron chi connectivity index (χ1n) is 34.3. The Morgan fingerprint density at radius 3 is 1.00 bits per heavy atom. The summed E-state index contributed by atoms with van der Waals surface area (Å²) < 4.78 is 21.9. The molecule has 0 saturated carbocycles. The average Bonchev–Trinajstić information content (AvgIpc) is 1.68. The molecule has 33 heteroatoms. The number of fused-ring (bicyclic) bond motifs is 9. The van der Waals surface area contributed by atoms with Crippen molar-refractivity contribution in [2.75, 3.05) is 72.6 Å². The lowest BCUT2D eigenvalue weighted by Crippen LogP contribution is -2.25. The van der Waals surface area contributed by atoms with Crippen molar-refractivity contribution in [2.45, 2.75) is 97.2 Å². The number of hydrogen-bond acceptors (Lipinski definition) is 27. The van der Waals surface area contributed by atoms with Crippen molar-refractivity contribution in [2.24, 2.45) is 0 Å². The SMILES string of the molecule is Cc1c(-c2cc3cc(Nc4cc5n(n4)CC(=O)NCC5)ncc3c(N)n2)cnc2c1C(O)CCO2.Cc1c(-c2cc3cc(Nc4cc5n(n4)CC(=O)NCC5)ncc3c(N)n2)cnc2c1[C@@H](O)CCO2.Cc1c(-c2cc3cc(Nc4cc5n(n4)CC(=O)NCC5)ncc3c(N)n2)cnc2c1[C@H](O)CCO2. The van der Waals surface area contributed by atoms with E-state index in [4.69, 9.17) is 31.4 Å². The van der Waals surface area contributed by atoms with E-state index in [9.17, 15) is 29.7 Å². The van der Waals surface area contributed by atoms with Crippen molar-refractivity contribution in [3.8, 4) is 51.4 Å². The van der Waals surface area contributed by atoms with E-state index in [1.54, 1.807) is 51.2 Å². The highest BCUT2D eigenvalue weighted by molar-refractivity contribution is 5.97. The molecule has 3 amide bonds. The van der Waals surface area contributed by atoms with Crippen LogP contribution in [0.1, 0.15) is 88.0 Å². The van der Waals surface area contributed by atoms with E-state index in [0.29, 0.717) is 182 Å². The van der Waals surface area contributed by atoms with Crippen molar-refractivity contribution >= 4 is 102 Å². The van der Waals surface area contributed by atoms with Crippen molar-refractivity contribution in [1.29, 1.82) is 0 Å². The van der Waals surface area contributed by atoms with E-state index < -0.39 is 18.3 Å². The number of nitrogens with one attached hydrogen (secondary N) is 6. The minimum absolute atomic E-state index is 0.0521. The van der Waals surface area contributed by atoms with Gasteiger partial charge in [0.15, 0.2) is 17.5 Å². The maximum Gasteiger partial charge on any atom is 0.241 e. The number of amides is 3. The van der Waals surface area contributed by atoms with Crippen LogP contribution in [0, 0.1) is 20.8 Å². The van der Waals surface area contributed by atoms with Crippen molar-refractivity contribution in [3.63, 3.8) is 0 Å². The number of nitrogens with two attached hydrogens (primary N) is 3. The number of aromatic nitrogens is 15. The molecule has 18 heterocycles. The molecule has 6 aliphatic heterocycles. The van der Waals surface area contributed by atoms with E-state index in [-0.39, 0.29) is 37.4 Å². The lowest BCUT2D eigenvalue weighted by Gasteiger charge is -2.24. The highest BCUT2D eigenvalue weighted by Gasteiger charge is 2.30. The summed E-state index contributed by atoms with van der Waals surface area (Å²) in [6.45, 7) is 9.47. The molecule has 15 N–H and O–H groups in total. The molecule has 0 bridgehead atoms. The van der Waals surface area contributed by atoms with Gasteiger partial charge < -0.3 is 78.6 Å².